The molecule has 18 heavy (non-hydrogen) atoms. The third kappa shape index (κ3) is 3.42. The molecule has 0 amide bonds. The van der Waals surface area contributed by atoms with Gasteiger partial charge < -0.3 is 10.4 Å². The second kappa shape index (κ2) is 6.33. The molecule has 0 saturated heterocycles. The Bertz CT molecular complexity index is 482. The molecule has 1 heterocycles. The molecule has 0 aliphatic heterocycles. The van der Waals surface area contributed by atoms with E-state index >= 15 is 0 Å². The van der Waals surface area contributed by atoms with Gasteiger partial charge in [0.15, 0.2) is 0 Å². The highest BCUT2D eigenvalue weighted by atomic mass is 32.1. The van der Waals surface area contributed by atoms with Crippen molar-refractivity contribution in [2.45, 2.75) is 12.5 Å². The minimum absolute atomic E-state index is 0.442. The SMILES string of the molecule is O=C(O)C(CNCc1cccs1)c1ccccc1. The molecule has 1 aromatic heterocycles. The number of carboxylic acids is 1. The number of hydrogen-bond donors (Lipinski definition) is 2. The van der Waals surface area contributed by atoms with E-state index in [4.69, 9.17) is 0 Å². The van der Waals surface area contributed by atoms with E-state index in [2.05, 4.69) is 5.32 Å². The van der Waals surface area contributed by atoms with E-state index in [9.17, 15) is 9.90 Å². The Kier molecular flexibility index (Phi) is 4.50. The van der Waals surface area contributed by atoms with Crippen LogP contribution in [0.2, 0.25) is 0 Å². The molecular weight excluding hydrogens is 246 g/mol. The van der Waals surface area contributed by atoms with Crippen LogP contribution in [0.4, 0.5) is 0 Å². The molecule has 2 N–H and O–H groups in total. The third-order valence-electron chi connectivity index (χ3n) is 2.73. The number of thiophene rings is 1. The lowest BCUT2D eigenvalue weighted by Gasteiger charge is -2.13. The zero-order valence-electron chi connectivity index (χ0n) is 9.87. The van der Waals surface area contributed by atoms with Crippen LogP contribution >= 0.6 is 11.3 Å². The Labute approximate surface area is 110 Å². The lowest BCUT2D eigenvalue weighted by atomic mass is 9.99. The van der Waals surface area contributed by atoms with Crippen LogP contribution in [-0.2, 0) is 11.3 Å². The number of rotatable bonds is 6. The van der Waals surface area contributed by atoms with Crippen molar-refractivity contribution < 1.29 is 9.90 Å². The van der Waals surface area contributed by atoms with Crippen molar-refractivity contribution >= 4 is 17.3 Å². The fraction of sp³-hybridized carbons (Fsp3) is 0.214. The highest BCUT2D eigenvalue weighted by molar-refractivity contribution is 7.09. The molecule has 1 unspecified atom stereocenters. The summed E-state index contributed by atoms with van der Waals surface area (Å²) in [6, 6.07) is 13.4. The molecule has 3 nitrogen and oxygen atoms in total. The number of benzene rings is 1. The predicted molar refractivity (Wildman–Crippen MR) is 72.8 cm³/mol. The minimum atomic E-state index is -0.792. The van der Waals surface area contributed by atoms with Crippen molar-refractivity contribution in [3.05, 3.63) is 58.3 Å². The molecule has 2 aromatic rings. The van der Waals surface area contributed by atoms with Crippen LogP contribution < -0.4 is 5.32 Å². The first-order chi connectivity index (χ1) is 8.77. The molecular formula is C14H15NO2S. The summed E-state index contributed by atoms with van der Waals surface area (Å²) in [5.41, 5.74) is 0.837. The molecule has 1 aromatic carbocycles. The molecule has 1 atom stereocenters. The van der Waals surface area contributed by atoms with Crippen molar-refractivity contribution in [2.24, 2.45) is 0 Å². The minimum Gasteiger partial charge on any atom is -0.481 e. The van der Waals surface area contributed by atoms with E-state index in [1.54, 1.807) is 11.3 Å². The van der Waals surface area contributed by atoms with Gasteiger partial charge in [-0.25, -0.2) is 0 Å². The molecule has 94 valence electrons. The fourth-order valence-corrected chi connectivity index (χ4v) is 2.46. The van der Waals surface area contributed by atoms with Crippen LogP contribution in [0, 0.1) is 0 Å². The van der Waals surface area contributed by atoms with Gasteiger partial charge in [-0.2, -0.15) is 0 Å². The summed E-state index contributed by atoms with van der Waals surface area (Å²) in [7, 11) is 0. The lowest BCUT2D eigenvalue weighted by Crippen LogP contribution is -2.26. The van der Waals surface area contributed by atoms with Gasteiger partial charge >= 0.3 is 5.97 Å². The Morgan fingerprint density at radius 3 is 2.61 bits per heavy atom. The first-order valence-corrected chi connectivity index (χ1v) is 6.66. The van der Waals surface area contributed by atoms with Gasteiger partial charge in [-0.3, -0.25) is 4.79 Å². The van der Waals surface area contributed by atoms with Gasteiger partial charge in [0, 0.05) is 18.0 Å². The molecule has 4 heteroatoms. The first kappa shape index (κ1) is 12.8. The molecule has 0 spiro atoms. The molecule has 0 radical (unpaired) electrons. The van der Waals surface area contributed by atoms with Crippen molar-refractivity contribution in [3.63, 3.8) is 0 Å². The lowest BCUT2D eigenvalue weighted by molar-refractivity contribution is -0.138. The zero-order chi connectivity index (χ0) is 12.8. The molecule has 0 bridgehead atoms. The Morgan fingerprint density at radius 1 is 1.22 bits per heavy atom. The van der Waals surface area contributed by atoms with Crippen molar-refractivity contribution in [3.8, 4) is 0 Å². The Balaban J connectivity index is 1.93. The first-order valence-electron chi connectivity index (χ1n) is 5.78. The molecule has 0 fully saturated rings. The van der Waals surface area contributed by atoms with E-state index in [0.29, 0.717) is 13.1 Å². The van der Waals surface area contributed by atoms with Gasteiger partial charge in [0.2, 0.25) is 0 Å². The maximum Gasteiger partial charge on any atom is 0.312 e. The van der Waals surface area contributed by atoms with E-state index in [1.807, 2.05) is 47.8 Å². The summed E-state index contributed by atoms with van der Waals surface area (Å²) in [6.45, 7) is 1.16. The van der Waals surface area contributed by atoms with Gasteiger partial charge in [-0.05, 0) is 17.0 Å². The Hall–Kier alpha value is -1.65. The summed E-state index contributed by atoms with van der Waals surface area (Å²) >= 11 is 1.67. The number of carbonyl (C=O) groups is 1. The van der Waals surface area contributed by atoms with Gasteiger partial charge in [-0.1, -0.05) is 36.4 Å². The van der Waals surface area contributed by atoms with Crippen LogP contribution in [0.25, 0.3) is 0 Å². The van der Waals surface area contributed by atoms with E-state index < -0.39 is 11.9 Å². The van der Waals surface area contributed by atoms with Crippen LogP contribution in [0.5, 0.6) is 0 Å². The maximum absolute atomic E-state index is 11.3. The topological polar surface area (TPSA) is 49.3 Å². The predicted octanol–water partition coefficient (Wildman–Crippen LogP) is 2.71. The highest BCUT2D eigenvalue weighted by Crippen LogP contribution is 2.15. The molecule has 0 aliphatic carbocycles. The van der Waals surface area contributed by atoms with E-state index in [-0.39, 0.29) is 0 Å². The molecule has 2 rings (SSSR count). The van der Waals surface area contributed by atoms with Gasteiger partial charge in [0.05, 0.1) is 5.92 Å². The average Bonchev–Trinajstić information content (AvgIpc) is 2.88. The number of carboxylic acid groups (broad SMARTS) is 1. The summed E-state index contributed by atoms with van der Waals surface area (Å²) in [6.07, 6.45) is 0. The van der Waals surface area contributed by atoms with Crippen molar-refractivity contribution in [2.75, 3.05) is 6.54 Å². The quantitative estimate of drug-likeness (QED) is 0.840. The van der Waals surface area contributed by atoms with E-state index in [1.165, 1.54) is 4.88 Å². The smallest absolute Gasteiger partial charge is 0.312 e. The van der Waals surface area contributed by atoms with Gasteiger partial charge in [0.25, 0.3) is 0 Å². The van der Waals surface area contributed by atoms with Crippen LogP contribution in [0.15, 0.2) is 47.8 Å². The fourth-order valence-electron chi connectivity index (χ4n) is 1.79. The largest absolute Gasteiger partial charge is 0.481 e. The van der Waals surface area contributed by atoms with Gasteiger partial charge in [-0.15, -0.1) is 11.3 Å². The number of hydrogen-bond acceptors (Lipinski definition) is 3. The molecule has 0 aliphatic rings. The van der Waals surface area contributed by atoms with Crippen molar-refractivity contribution in [1.29, 1.82) is 0 Å². The van der Waals surface area contributed by atoms with Crippen LogP contribution in [-0.4, -0.2) is 17.6 Å². The maximum atomic E-state index is 11.3. The van der Waals surface area contributed by atoms with Crippen molar-refractivity contribution in [1.82, 2.24) is 5.32 Å². The van der Waals surface area contributed by atoms with Crippen LogP contribution in [0.1, 0.15) is 16.4 Å². The highest BCUT2D eigenvalue weighted by Gasteiger charge is 2.18. The normalized spacial score (nSPS) is 12.2. The monoisotopic (exact) mass is 261 g/mol. The summed E-state index contributed by atoms with van der Waals surface area (Å²) in [5.74, 6) is -1.29. The number of aliphatic carboxylic acids is 1. The second-order valence-electron chi connectivity index (χ2n) is 4.01. The third-order valence-corrected chi connectivity index (χ3v) is 3.60. The number of nitrogens with one attached hydrogen (secondary N) is 1. The standard InChI is InChI=1S/C14H15NO2S/c16-14(17)13(11-5-2-1-3-6-11)10-15-9-12-7-4-8-18-12/h1-8,13,15H,9-10H2,(H,16,17). The summed E-state index contributed by atoms with van der Waals surface area (Å²) < 4.78 is 0. The van der Waals surface area contributed by atoms with E-state index in [0.717, 1.165) is 5.56 Å². The zero-order valence-corrected chi connectivity index (χ0v) is 10.7. The second-order valence-corrected chi connectivity index (χ2v) is 5.04. The van der Waals surface area contributed by atoms with Crippen LogP contribution in [0.3, 0.4) is 0 Å². The molecule has 0 saturated carbocycles. The average molecular weight is 261 g/mol. The Morgan fingerprint density at radius 2 is 2.00 bits per heavy atom. The van der Waals surface area contributed by atoms with Gasteiger partial charge in [0.1, 0.15) is 0 Å². The summed E-state index contributed by atoms with van der Waals surface area (Å²) in [4.78, 5) is 12.5. The summed E-state index contributed by atoms with van der Waals surface area (Å²) in [5, 5.41) is 14.5.